The summed E-state index contributed by atoms with van der Waals surface area (Å²) in [5, 5.41) is 13.8. The molecular weight excluding hydrogens is 366 g/mol. The lowest BCUT2D eigenvalue weighted by atomic mass is 10.2. The molecule has 2 amide bonds. The van der Waals surface area contributed by atoms with Crippen LogP contribution in [0.1, 0.15) is 29.9 Å². The number of nitrogens with zero attached hydrogens (tertiary/aromatic N) is 3. The zero-order valence-electron chi connectivity index (χ0n) is 16.6. The molecule has 29 heavy (non-hydrogen) atoms. The molecule has 7 nitrogen and oxygen atoms in total. The maximum Gasteiger partial charge on any atom is 0.276 e. The van der Waals surface area contributed by atoms with Crippen LogP contribution in [0.15, 0.2) is 60.7 Å². The van der Waals surface area contributed by atoms with E-state index in [1.54, 1.807) is 36.4 Å². The number of carbonyl (C=O) groups is 2. The molecule has 2 N–H and O–H groups in total. The van der Waals surface area contributed by atoms with E-state index in [9.17, 15) is 9.59 Å². The maximum absolute atomic E-state index is 12.4. The second kappa shape index (κ2) is 8.97. The second-order valence-corrected chi connectivity index (χ2v) is 6.57. The fraction of sp³-hybridized carbons (Fsp3) is 0.182. The summed E-state index contributed by atoms with van der Waals surface area (Å²) in [5.41, 5.74) is 3.67. The highest BCUT2D eigenvalue weighted by Gasteiger charge is 2.13. The van der Waals surface area contributed by atoms with Gasteiger partial charge < -0.3 is 15.5 Å². The van der Waals surface area contributed by atoms with Crippen LogP contribution in [0, 0.1) is 6.92 Å². The van der Waals surface area contributed by atoms with E-state index in [-0.39, 0.29) is 17.5 Å². The normalized spacial score (nSPS) is 10.3. The minimum Gasteiger partial charge on any atom is -0.326 e. The van der Waals surface area contributed by atoms with Crippen LogP contribution in [0.2, 0.25) is 0 Å². The van der Waals surface area contributed by atoms with E-state index in [1.807, 2.05) is 36.9 Å². The summed E-state index contributed by atoms with van der Waals surface area (Å²) >= 11 is 0. The van der Waals surface area contributed by atoms with Crippen molar-refractivity contribution < 1.29 is 9.59 Å². The molecule has 1 heterocycles. The summed E-state index contributed by atoms with van der Waals surface area (Å²) in [6.45, 7) is 6.25. The topological polar surface area (TPSA) is 87.2 Å². The van der Waals surface area contributed by atoms with Gasteiger partial charge in [-0.3, -0.25) is 9.59 Å². The first-order valence-corrected chi connectivity index (χ1v) is 9.33. The van der Waals surface area contributed by atoms with Crippen LogP contribution < -0.4 is 15.5 Å². The molecule has 0 saturated heterocycles. The average Bonchev–Trinajstić information content (AvgIpc) is 2.70. The van der Waals surface area contributed by atoms with Gasteiger partial charge in [0.1, 0.15) is 0 Å². The zero-order chi connectivity index (χ0) is 20.8. The van der Waals surface area contributed by atoms with E-state index in [2.05, 4.69) is 26.9 Å². The van der Waals surface area contributed by atoms with Crippen molar-refractivity contribution in [1.29, 1.82) is 0 Å². The first-order chi connectivity index (χ1) is 14.0. The van der Waals surface area contributed by atoms with Crippen LogP contribution in [0.4, 0.5) is 22.9 Å². The molecule has 0 fully saturated rings. The molecule has 3 aromatic rings. The number of nitrogens with one attached hydrogen (secondary N) is 2. The Morgan fingerprint density at radius 1 is 0.931 bits per heavy atom. The summed E-state index contributed by atoms with van der Waals surface area (Å²) in [4.78, 5) is 25.5. The van der Waals surface area contributed by atoms with Crippen LogP contribution in [0.5, 0.6) is 0 Å². The molecule has 1 aromatic heterocycles. The van der Waals surface area contributed by atoms with Gasteiger partial charge in [-0.25, -0.2) is 0 Å². The number of hydrogen-bond donors (Lipinski definition) is 2. The number of carbonyl (C=O) groups excluding carboxylic acids is 2. The Morgan fingerprint density at radius 2 is 1.62 bits per heavy atom. The van der Waals surface area contributed by atoms with Gasteiger partial charge in [0.05, 0.1) is 0 Å². The maximum atomic E-state index is 12.4. The molecule has 0 unspecified atom stereocenters. The van der Waals surface area contributed by atoms with Gasteiger partial charge in [-0.1, -0.05) is 12.1 Å². The Bertz CT molecular complexity index is 1000. The predicted molar refractivity (Wildman–Crippen MR) is 115 cm³/mol. The number of aromatic nitrogens is 2. The van der Waals surface area contributed by atoms with Crippen molar-refractivity contribution in [2.45, 2.75) is 20.8 Å². The molecule has 0 aliphatic carbocycles. The van der Waals surface area contributed by atoms with Gasteiger partial charge in [0.25, 0.3) is 5.91 Å². The van der Waals surface area contributed by atoms with Crippen molar-refractivity contribution in [2.75, 3.05) is 22.1 Å². The molecule has 3 rings (SSSR count). The Hall–Kier alpha value is -3.74. The van der Waals surface area contributed by atoms with Gasteiger partial charge in [-0.2, -0.15) is 0 Å². The largest absolute Gasteiger partial charge is 0.326 e. The molecule has 148 valence electrons. The highest BCUT2D eigenvalue weighted by Crippen LogP contribution is 2.23. The van der Waals surface area contributed by atoms with Gasteiger partial charge >= 0.3 is 0 Å². The molecule has 0 atom stereocenters. The fourth-order valence-electron chi connectivity index (χ4n) is 2.90. The molecule has 7 heteroatoms. The van der Waals surface area contributed by atoms with Crippen LogP contribution in [0.25, 0.3) is 0 Å². The molecule has 2 aromatic carbocycles. The van der Waals surface area contributed by atoms with Crippen molar-refractivity contribution >= 4 is 34.7 Å². The van der Waals surface area contributed by atoms with Gasteiger partial charge in [-0.15, -0.1) is 10.2 Å². The lowest BCUT2D eigenvalue weighted by molar-refractivity contribution is -0.114. The van der Waals surface area contributed by atoms with Gasteiger partial charge in [0.2, 0.25) is 5.91 Å². The van der Waals surface area contributed by atoms with Crippen molar-refractivity contribution in [3.8, 4) is 0 Å². The van der Waals surface area contributed by atoms with Crippen LogP contribution in [0.3, 0.4) is 0 Å². The number of amides is 2. The highest BCUT2D eigenvalue weighted by atomic mass is 16.2. The van der Waals surface area contributed by atoms with Crippen molar-refractivity contribution in [2.24, 2.45) is 0 Å². The van der Waals surface area contributed by atoms with Gasteiger partial charge in [-0.05, 0) is 67.9 Å². The molecule has 0 aliphatic rings. The predicted octanol–water partition coefficient (Wildman–Crippen LogP) is 4.15. The summed E-state index contributed by atoms with van der Waals surface area (Å²) in [5.74, 6) is 0.174. The fourth-order valence-corrected chi connectivity index (χ4v) is 2.90. The number of rotatable bonds is 6. The number of anilines is 4. The van der Waals surface area contributed by atoms with Crippen LogP contribution >= 0.6 is 0 Å². The van der Waals surface area contributed by atoms with E-state index in [0.717, 1.165) is 17.8 Å². The Morgan fingerprint density at radius 3 is 2.17 bits per heavy atom. The Kier molecular flexibility index (Phi) is 6.19. The molecular formula is C22H23N5O2. The summed E-state index contributed by atoms with van der Waals surface area (Å²) in [7, 11) is 0. The Labute approximate surface area is 169 Å². The van der Waals surface area contributed by atoms with Crippen LogP contribution in [-0.4, -0.2) is 28.6 Å². The van der Waals surface area contributed by atoms with E-state index < -0.39 is 0 Å². The first kappa shape index (κ1) is 20.0. The van der Waals surface area contributed by atoms with E-state index >= 15 is 0 Å². The van der Waals surface area contributed by atoms with Crippen molar-refractivity contribution in [3.05, 3.63) is 71.9 Å². The van der Waals surface area contributed by atoms with Crippen molar-refractivity contribution in [3.63, 3.8) is 0 Å². The lowest BCUT2D eigenvalue weighted by Gasteiger charge is -2.22. The monoisotopic (exact) mass is 389 g/mol. The minimum absolute atomic E-state index is 0.149. The average molecular weight is 389 g/mol. The molecule has 0 radical (unpaired) electrons. The third-order valence-corrected chi connectivity index (χ3v) is 4.25. The van der Waals surface area contributed by atoms with Crippen LogP contribution in [-0.2, 0) is 4.79 Å². The zero-order valence-corrected chi connectivity index (χ0v) is 16.6. The molecule has 0 aliphatic heterocycles. The van der Waals surface area contributed by atoms with Crippen molar-refractivity contribution in [1.82, 2.24) is 10.2 Å². The summed E-state index contributed by atoms with van der Waals surface area (Å²) < 4.78 is 0. The first-order valence-electron chi connectivity index (χ1n) is 9.33. The smallest absolute Gasteiger partial charge is 0.276 e. The lowest BCUT2D eigenvalue weighted by Crippen LogP contribution is -2.20. The second-order valence-electron chi connectivity index (χ2n) is 6.57. The SMILES string of the molecule is CCN(c1cccc(C)c1)c1ccc(C(=O)Nc2ccc(NC(C)=O)cc2)nn1. The Balaban J connectivity index is 1.70. The third-order valence-electron chi connectivity index (χ3n) is 4.25. The molecule has 0 spiro atoms. The number of benzene rings is 2. The van der Waals surface area contributed by atoms with Gasteiger partial charge in [0.15, 0.2) is 11.5 Å². The summed E-state index contributed by atoms with van der Waals surface area (Å²) in [6, 6.07) is 18.4. The van der Waals surface area contributed by atoms with E-state index in [4.69, 9.17) is 0 Å². The quantitative estimate of drug-likeness (QED) is 0.661. The summed E-state index contributed by atoms with van der Waals surface area (Å²) in [6.07, 6.45) is 0. The van der Waals surface area contributed by atoms with E-state index in [1.165, 1.54) is 6.92 Å². The highest BCUT2D eigenvalue weighted by molar-refractivity contribution is 6.03. The van der Waals surface area contributed by atoms with Gasteiger partial charge in [0, 0.05) is 30.5 Å². The third kappa shape index (κ3) is 5.16. The number of hydrogen-bond acceptors (Lipinski definition) is 5. The molecule has 0 bridgehead atoms. The number of aryl methyl sites for hydroxylation is 1. The molecule has 0 saturated carbocycles. The standard InChI is InChI=1S/C22H23N5O2/c1-4-27(19-7-5-6-15(2)14-19)21-13-12-20(25-26-21)22(29)24-18-10-8-17(9-11-18)23-16(3)28/h5-14H,4H2,1-3H3,(H,23,28)(H,24,29). The minimum atomic E-state index is -0.352. The van der Waals surface area contributed by atoms with E-state index in [0.29, 0.717) is 17.2 Å².